The second-order valence-corrected chi connectivity index (χ2v) is 5.12. The molecule has 0 aliphatic rings. The van der Waals surface area contributed by atoms with Crippen molar-refractivity contribution < 1.29 is 13.9 Å². The first-order valence-electron chi connectivity index (χ1n) is 5.77. The van der Waals surface area contributed by atoms with Gasteiger partial charge in [-0.3, -0.25) is 4.98 Å². The van der Waals surface area contributed by atoms with E-state index in [1.54, 1.807) is 13.0 Å². The number of aromatic nitrogens is 1. The van der Waals surface area contributed by atoms with Crippen molar-refractivity contribution in [3.05, 3.63) is 63.9 Å². The van der Waals surface area contributed by atoms with Crippen molar-refractivity contribution in [2.24, 2.45) is 0 Å². The van der Waals surface area contributed by atoms with Crippen molar-refractivity contribution in [2.45, 2.75) is 18.9 Å². The molecule has 1 heterocycles. The molecule has 2 rings (SSSR count). The monoisotopic (exact) mass is 327 g/mol. The zero-order chi connectivity index (χ0) is 14.0. The van der Waals surface area contributed by atoms with Crippen LogP contribution in [0.1, 0.15) is 24.6 Å². The molecule has 1 unspecified atom stereocenters. The molecule has 0 amide bonds. The van der Waals surface area contributed by atoms with Gasteiger partial charge in [-0.05, 0) is 36.8 Å². The van der Waals surface area contributed by atoms with Gasteiger partial charge in [0.25, 0.3) is 0 Å². The van der Waals surface area contributed by atoms with E-state index in [1.165, 1.54) is 24.3 Å². The average molecular weight is 328 g/mol. The molecular weight excluding hydrogens is 316 g/mol. The van der Waals surface area contributed by atoms with Crippen LogP contribution >= 0.6 is 15.9 Å². The predicted molar refractivity (Wildman–Crippen MR) is 71.6 cm³/mol. The van der Waals surface area contributed by atoms with Crippen LogP contribution in [0.3, 0.4) is 0 Å². The first-order chi connectivity index (χ1) is 8.97. The molecule has 0 fully saturated rings. The van der Waals surface area contributed by atoms with Crippen molar-refractivity contribution in [3.8, 4) is 0 Å². The number of pyridine rings is 1. The summed E-state index contributed by atoms with van der Waals surface area (Å²) in [5.74, 6) is -1.03. The van der Waals surface area contributed by atoms with Gasteiger partial charge in [-0.25, -0.2) is 8.78 Å². The van der Waals surface area contributed by atoms with E-state index >= 15 is 0 Å². The van der Waals surface area contributed by atoms with Gasteiger partial charge in [-0.15, -0.1) is 0 Å². The van der Waals surface area contributed by atoms with Gasteiger partial charge in [0.05, 0.1) is 11.9 Å². The van der Waals surface area contributed by atoms with Crippen LogP contribution in [-0.2, 0) is 5.60 Å². The van der Waals surface area contributed by atoms with Crippen LogP contribution < -0.4 is 0 Å². The van der Waals surface area contributed by atoms with Crippen molar-refractivity contribution >= 4 is 15.9 Å². The fourth-order valence-corrected chi connectivity index (χ4v) is 2.31. The summed E-state index contributed by atoms with van der Waals surface area (Å²) >= 11 is 3.24. The normalized spacial score (nSPS) is 14.2. The Balaban J connectivity index is 2.59. The molecule has 100 valence electrons. The third kappa shape index (κ3) is 2.67. The van der Waals surface area contributed by atoms with E-state index in [4.69, 9.17) is 0 Å². The molecule has 5 heteroatoms. The Morgan fingerprint density at radius 2 is 2.00 bits per heavy atom. The minimum atomic E-state index is -1.58. The van der Waals surface area contributed by atoms with E-state index < -0.39 is 17.2 Å². The Morgan fingerprint density at radius 3 is 2.58 bits per heavy atom. The molecule has 1 atom stereocenters. The number of rotatable bonds is 3. The summed E-state index contributed by atoms with van der Waals surface area (Å²) in [4.78, 5) is 3.86. The SMILES string of the molecule is CCC(O)(c1ccc(F)cn1)c1cc(Br)ccc1F. The third-order valence-electron chi connectivity index (χ3n) is 3.04. The summed E-state index contributed by atoms with van der Waals surface area (Å²) < 4.78 is 27.5. The minimum absolute atomic E-state index is 0.114. The molecule has 0 aliphatic heterocycles. The van der Waals surface area contributed by atoms with Crippen LogP contribution in [0.4, 0.5) is 8.78 Å². The Kier molecular flexibility index (Phi) is 3.96. The van der Waals surface area contributed by atoms with Crippen molar-refractivity contribution in [2.75, 3.05) is 0 Å². The summed E-state index contributed by atoms with van der Waals surface area (Å²) in [6.07, 6.45) is 1.23. The van der Waals surface area contributed by atoms with E-state index in [1.807, 2.05) is 0 Å². The number of hydrogen-bond acceptors (Lipinski definition) is 2. The van der Waals surface area contributed by atoms with Crippen LogP contribution in [0, 0.1) is 11.6 Å². The average Bonchev–Trinajstić information content (AvgIpc) is 2.41. The standard InChI is InChI=1S/C14H12BrF2NO/c1-2-14(19,13-6-4-10(16)8-18-13)11-7-9(15)3-5-12(11)17/h3-8,19H,2H2,1H3. The zero-order valence-corrected chi connectivity index (χ0v) is 11.8. The van der Waals surface area contributed by atoms with Gasteiger partial charge in [-0.1, -0.05) is 22.9 Å². The van der Waals surface area contributed by atoms with Crippen molar-refractivity contribution in [3.63, 3.8) is 0 Å². The quantitative estimate of drug-likeness (QED) is 0.930. The van der Waals surface area contributed by atoms with E-state index in [0.717, 1.165) is 6.20 Å². The van der Waals surface area contributed by atoms with Crippen LogP contribution in [0.15, 0.2) is 41.0 Å². The predicted octanol–water partition coefficient (Wildman–Crippen LogP) is 3.77. The van der Waals surface area contributed by atoms with Crippen molar-refractivity contribution in [1.29, 1.82) is 0 Å². The Hall–Kier alpha value is -1.33. The Morgan fingerprint density at radius 1 is 1.26 bits per heavy atom. The third-order valence-corrected chi connectivity index (χ3v) is 3.53. The lowest BCUT2D eigenvalue weighted by atomic mass is 9.87. The molecule has 1 N–H and O–H groups in total. The molecule has 2 nitrogen and oxygen atoms in total. The smallest absolute Gasteiger partial charge is 0.141 e. The summed E-state index contributed by atoms with van der Waals surface area (Å²) in [5, 5.41) is 10.7. The number of benzene rings is 1. The highest BCUT2D eigenvalue weighted by Gasteiger charge is 2.34. The maximum atomic E-state index is 13.9. The lowest BCUT2D eigenvalue weighted by Gasteiger charge is -2.27. The lowest BCUT2D eigenvalue weighted by molar-refractivity contribution is 0.0678. The molecule has 0 aliphatic carbocycles. The molecule has 1 aromatic heterocycles. The molecule has 0 spiro atoms. The van der Waals surface area contributed by atoms with Gasteiger partial charge >= 0.3 is 0 Å². The van der Waals surface area contributed by atoms with Crippen LogP contribution in [0.25, 0.3) is 0 Å². The molecule has 0 saturated heterocycles. The zero-order valence-electron chi connectivity index (χ0n) is 10.2. The van der Waals surface area contributed by atoms with Crippen molar-refractivity contribution in [1.82, 2.24) is 4.98 Å². The topological polar surface area (TPSA) is 33.1 Å². The summed E-state index contributed by atoms with van der Waals surface area (Å²) in [7, 11) is 0. The molecule has 1 aromatic carbocycles. The van der Waals surface area contributed by atoms with E-state index in [-0.39, 0.29) is 17.7 Å². The maximum absolute atomic E-state index is 13.9. The molecular formula is C14H12BrF2NO. The molecule has 0 saturated carbocycles. The van der Waals surface area contributed by atoms with Gasteiger partial charge in [0.1, 0.15) is 17.2 Å². The van der Waals surface area contributed by atoms with Gasteiger partial charge in [0, 0.05) is 10.0 Å². The van der Waals surface area contributed by atoms with E-state index in [9.17, 15) is 13.9 Å². The number of nitrogens with zero attached hydrogens (tertiary/aromatic N) is 1. The van der Waals surface area contributed by atoms with Crippen LogP contribution in [-0.4, -0.2) is 10.1 Å². The second-order valence-electron chi connectivity index (χ2n) is 4.20. The summed E-state index contributed by atoms with van der Waals surface area (Å²) in [6.45, 7) is 1.71. The van der Waals surface area contributed by atoms with Gasteiger partial charge in [-0.2, -0.15) is 0 Å². The van der Waals surface area contributed by atoms with Crippen LogP contribution in [0.2, 0.25) is 0 Å². The summed E-state index contributed by atoms with van der Waals surface area (Å²) in [6, 6.07) is 6.87. The molecule has 19 heavy (non-hydrogen) atoms. The minimum Gasteiger partial charge on any atom is -0.379 e. The highest BCUT2D eigenvalue weighted by atomic mass is 79.9. The fraction of sp³-hybridized carbons (Fsp3) is 0.214. The fourth-order valence-electron chi connectivity index (χ4n) is 1.94. The second kappa shape index (κ2) is 5.35. The highest BCUT2D eigenvalue weighted by molar-refractivity contribution is 9.10. The van der Waals surface area contributed by atoms with Gasteiger partial charge in [0.2, 0.25) is 0 Å². The lowest BCUT2D eigenvalue weighted by Crippen LogP contribution is -2.29. The first-order valence-corrected chi connectivity index (χ1v) is 6.56. The maximum Gasteiger partial charge on any atom is 0.141 e. The van der Waals surface area contributed by atoms with Gasteiger partial charge < -0.3 is 5.11 Å². The van der Waals surface area contributed by atoms with Crippen LogP contribution in [0.5, 0.6) is 0 Å². The Bertz CT molecular complexity index is 588. The molecule has 0 radical (unpaired) electrons. The Labute approximate surface area is 118 Å². The molecule has 0 bridgehead atoms. The summed E-state index contributed by atoms with van der Waals surface area (Å²) in [5.41, 5.74) is -1.25. The highest BCUT2D eigenvalue weighted by Crippen LogP contribution is 2.34. The van der Waals surface area contributed by atoms with Gasteiger partial charge in [0.15, 0.2) is 0 Å². The first kappa shape index (κ1) is 14.1. The molecule has 2 aromatic rings. The number of aliphatic hydroxyl groups is 1. The number of hydrogen-bond donors (Lipinski definition) is 1. The largest absolute Gasteiger partial charge is 0.379 e. The number of halogens is 3. The van der Waals surface area contributed by atoms with E-state index in [2.05, 4.69) is 20.9 Å². The van der Waals surface area contributed by atoms with E-state index in [0.29, 0.717) is 4.47 Å².